The van der Waals surface area contributed by atoms with Crippen molar-refractivity contribution in [2.75, 3.05) is 37.7 Å². The van der Waals surface area contributed by atoms with Crippen LogP contribution in [0.25, 0.3) is 33.1 Å². The van der Waals surface area contributed by atoms with Crippen LogP contribution in [0.2, 0.25) is 0 Å². The second kappa shape index (κ2) is 10.0. The lowest BCUT2D eigenvalue weighted by Crippen LogP contribution is -2.43. The highest BCUT2D eigenvalue weighted by Gasteiger charge is 2.49. The Morgan fingerprint density at radius 2 is 1.95 bits per heavy atom. The number of piperidine rings is 1. The number of aromatic hydroxyl groups is 1. The van der Waals surface area contributed by atoms with Gasteiger partial charge in [0, 0.05) is 43.9 Å². The summed E-state index contributed by atoms with van der Waals surface area (Å²) in [4.78, 5) is 19.7. The molecule has 7 nitrogen and oxygen atoms in total. The number of benzene rings is 2. The fourth-order valence-corrected chi connectivity index (χ4v) is 8.43. The Hall–Kier alpha value is -3.52. The molecule has 1 N–H and O–H groups in total. The Labute approximate surface area is 245 Å². The minimum atomic E-state index is -0.793. The largest absolute Gasteiger partial charge is 0.508 e. The van der Waals surface area contributed by atoms with Crippen LogP contribution in [0.15, 0.2) is 42.6 Å². The molecule has 1 aliphatic carbocycles. The van der Waals surface area contributed by atoms with Crippen molar-refractivity contribution >= 4 is 27.5 Å². The second-order valence-corrected chi connectivity index (χ2v) is 13.1. The quantitative estimate of drug-likeness (QED) is 0.293. The molecule has 4 aromatic rings. The molecular formula is C34H38FN5O2. The number of rotatable bonds is 6. The molecule has 2 aromatic carbocycles. The van der Waals surface area contributed by atoms with Crippen molar-refractivity contribution in [1.82, 2.24) is 19.9 Å². The van der Waals surface area contributed by atoms with Gasteiger partial charge in [-0.1, -0.05) is 25.1 Å². The number of aromatic nitrogens is 3. The maximum Gasteiger partial charge on any atom is 0.217 e. The fourth-order valence-electron chi connectivity index (χ4n) is 8.43. The van der Waals surface area contributed by atoms with E-state index in [1.54, 1.807) is 12.1 Å². The van der Waals surface area contributed by atoms with Gasteiger partial charge >= 0.3 is 0 Å². The number of pyridine rings is 1. The third-order valence-corrected chi connectivity index (χ3v) is 10.4. The zero-order valence-electron chi connectivity index (χ0n) is 24.2. The molecule has 0 spiro atoms. The molecule has 4 atom stereocenters. The highest BCUT2D eigenvalue weighted by Crippen LogP contribution is 2.43. The predicted octanol–water partition coefficient (Wildman–Crippen LogP) is 6.30. The number of anilines is 1. The molecule has 1 saturated carbocycles. The molecule has 2 bridgehead atoms. The SMILES string of the molecule is CCc1cccc2cc(O)cc(-c3ncc4c(N5CC6CCC(C6)C5)nc(OC[C@@]56CCCN5C[C@H](F)C6)cc4n3)c12. The Kier molecular flexibility index (Phi) is 6.25. The summed E-state index contributed by atoms with van der Waals surface area (Å²) in [5.41, 5.74) is 2.55. The predicted molar refractivity (Wildman–Crippen MR) is 163 cm³/mol. The van der Waals surface area contributed by atoms with Crippen molar-refractivity contribution in [3.8, 4) is 23.0 Å². The van der Waals surface area contributed by atoms with Gasteiger partial charge < -0.3 is 14.7 Å². The van der Waals surface area contributed by atoms with Gasteiger partial charge in [0.25, 0.3) is 0 Å². The standard InChI is InChI=1S/C34H38FN5O2/c1-2-23-5-3-6-24-12-26(41)13-27(31(23)24)32-36-16-28-29(37-32)14-30(38-33(28)39-17-21-7-8-22(11-21)18-39)42-20-34-9-4-10-40(34)19-25(35)15-34/h3,5-6,12-14,16,21-22,25,41H,2,4,7-11,15,17-20H2,1H3/t21?,22?,25-,34+/m1/s1. The number of hydrogen-bond acceptors (Lipinski definition) is 7. The van der Waals surface area contributed by atoms with Crippen LogP contribution < -0.4 is 9.64 Å². The number of fused-ring (bicyclic) bond motifs is 5. The number of halogens is 1. The summed E-state index contributed by atoms with van der Waals surface area (Å²) in [6.07, 6.45) is 8.40. The Bertz CT molecular complexity index is 1670. The van der Waals surface area contributed by atoms with Gasteiger partial charge in [0.15, 0.2) is 5.82 Å². The number of aryl methyl sites for hydroxylation is 1. The van der Waals surface area contributed by atoms with E-state index < -0.39 is 6.17 Å². The molecule has 42 heavy (non-hydrogen) atoms. The molecule has 8 rings (SSSR count). The Balaban J connectivity index is 1.23. The van der Waals surface area contributed by atoms with E-state index in [9.17, 15) is 9.50 Å². The van der Waals surface area contributed by atoms with Gasteiger partial charge in [-0.05, 0) is 85.4 Å². The van der Waals surface area contributed by atoms with Gasteiger partial charge in [-0.15, -0.1) is 0 Å². The van der Waals surface area contributed by atoms with Crippen molar-refractivity contribution in [3.63, 3.8) is 0 Å². The van der Waals surface area contributed by atoms with Gasteiger partial charge in [-0.25, -0.2) is 14.4 Å². The number of ether oxygens (including phenoxy) is 1. The summed E-state index contributed by atoms with van der Waals surface area (Å²) in [6, 6.07) is 11.7. The summed E-state index contributed by atoms with van der Waals surface area (Å²) < 4.78 is 20.9. The molecule has 2 unspecified atom stereocenters. The van der Waals surface area contributed by atoms with Gasteiger partial charge in [0.2, 0.25) is 5.88 Å². The lowest BCUT2D eigenvalue weighted by Gasteiger charge is -2.34. The lowest BCUT2D eigenvalue weighted by molar-refractivity contribution is 0.111. The van der Waals surface area contributed by atoms with Gasteiger partial charge in [0.05, 0.1) is 16.4 Å². The summed E-state index contributed by atoms with van der Waals surface area (Å²) in [5.74, 6) is 3.59. The number of hydrogen-bond donors (Lipinski definition) is 1. The molecule has 5 heterocycles. The highest BCUT2D eigenvalue weighted by molar-refractivity contribution is 6.00. The summed E-state index contributed by atoms with van der Waals surface area (Å²) in [6.45, 7) is 5.99. The smallest absolute Gasteiger partial charge is 0.217 e. The van der Waals surface area contributed by atoms with Crippen molar-refractivity contribution in [2.45, 2.75) is 63.6 Å². The van der Waals surface area contributed by atoms with Crippen molar-refractivity contribution in [1.29, 1.82) is 0 Å². The van der Waals surface area contributed by atoms with E-state index in [0.717, 1.165) is 72.0 Å². The third kappa shape index (κ3) is 4.37. The lowest BCUT2D eigenvalue weighted by atomic mass is 9.95. The number of alkyl halides is 1. The Morgan fingerprint density at radius 3 is 2.79 bits per heavy atom. The van der Waals surface area contributed by atoms with Crippen LogP contribution in [0.4, 0.5) is 10.2 Å². The van der Waals surface area contributed by atoms with Crippen molar-refractivity contribution in [3.05, 3.63) is 48.2 Å². The van der Waals surface area contributed by atoms with E-state index in [1.165, 1.54) is 24.8 Å². The maximum absolute atomic E-state index is 14.5. The molecule has 0 amide bonds. The van der Waals surface area contributed by atoms with Gasteiger partial charge in [-0.2, -0.15) is 4.98 Å². The van der Waals surface area contributed by atoms with Crippen LogP contribution in [-0.2, 0) is 6.42 Å². The van der Waals surface area contributed by atoms with E-state index in [0.29, 0.717) is 43.1 Å². The normalized spacial score (nSPS) is 27.3. The zero-order chi connectivity index (χ0) is 28.4. The first-order valence-electron chi connectivity index (χ1n) is 15.7. The average Bonchev–Trinajstić information content (AvgIpc) is 3.64. The topological polar surface area (TPSA) is 74.6 Å². The highest BCUT2D eigenvalue weighted by atomic mass is 19.1. The van der Waals surface area contributed by atoms with Crippen LogP contribution >= 0.6 is 0 Å². The summed E-state index contributed by atoms with van der Waals surface area (Å²) >= 11 is 0. The van der Waals surface area contributed by atoms with Crippen LogP contribution in [0.3, 0.4) is 0 Å². The van der Waals surface area contributed by atoms with Gasteiger partial charge in [-0.3, -0.25) is 4.90 Å². The van der Waals surface area contributed by atoms with Crippen molar-refractivity contribution in [2.24, 2.45) is 11.8 Å². The van der Waals surface area contributed by atoms with E-state index in [2.05, 4.69) is 22.8 Å². The third-order valence-electron chi connectivity index (χ3n) is 10.4. The van der Waals surface area contributed by atoms with Crippen LogP contribution in [-0.4, -0.2) is 69.5 Å². The second-order valence-electron chi connectivity index (χ2n) is 13.1. The molecule has 4 fully saturated rings. The fraction of sp³-hybridized carbons (Fsp3) is 0.500. The molecule has 8 heteroatoms. The van der Waals surface area contributed by atoms with Crippen molar-refractivity contribution < 1.29 is 14.2 Å². The van der Waals surface area contributed by atoms with E-state index in [4.69, 9.17) is 19.7 Å². The summed E-state index contributed by atoms with van der Waals surface area (Å²) in [5, 5.41) is 13.6. The van der Waals surface area contributed by atoms with Crippen LogP contribution in [0, 0.1) is 11.8 Å². The summed E-state index contributed by atoms with van der Waals surface area (Å²) in [7, 11) is 0. The van der Waals surface area contributed by atoms with Gasteiger partial charge in [0.1, 0.15) is 24.3 Å². The molecular weight excluding hydrogens is 529 g/mol. The van der Waals surface area contributed by atoms with E-state index >= 15 is 0 Å². The molecule has 3 aliphatic heterocycles. The zero-order valence-corrected chi connectivity index (χ0v) is 24.2. The monoisotopic (exact) mass is 567 g/mol. The first-order chi connectivity index (χ1) is 20.5. The first kappa shape index (κ1) is 26.1. The van der Waals surface area contributed by atoms with E-state index in [1.807, 2.05) is 24.4 Å². The first-order valence-corrected chi connectivity index (χ1v) is 15.7. The number of phenols is 1. The van der Waals surface area contributed by atoms with E-state index in [-0.39, 0.29) is 11.3 Å². The molecule has 3 saturated heterocycles. The maximum atomic E-state index is 14.5. The minimum absolute atomic E-state index is 0.195. The number of phenolic OH excluding ortho intramolecular Hbond substituents is 1. The van der Waals surface area contributed by atoms with Crippen LogP contribution in [0.1, 0.15) is 51.0 Å². The molecule has 0 radical (unpaired) electrons. The number of nitrogens with zero attached hydrogens (tertiary/aromatic N) is 5. The molecule has 4 aliphatic rings. The Morgan fingerprint density at radius 1 is 1.10 bits per heavy atom. The average molecular weight is 568 g/mol. The minimum Gasteiger partial charge on any atom is -0.508 e. The molecule has 2 aromatic heterocycles. The molecule has 218 valence electrons. The van der Waals surface area contributed by atoms with Crippen LogP contribution in [0.5, 0.6) is 11.6 Å².